The molecule has 0 aliphatic rings. The Hall–Kier alpha value is 0.450. The molecule has 0 aliphatic carbocycles. The topological polar surface area (TPSA) is 66.4 Å². The second kappa shape index (κ2) is 11.9. The van der Waals surface area contributed by atoms with Gasteiger partial charge in [0.25, 0.3) is 10.4 Å². The minimum Gasteiger partial charge on any atom is -0.716 e. The van der Waals surface area contributed by atoms with Crippen molar-refractivity contribution in [2.45, 2.75) is 51.9 Å². The quantitative estimate of drug-likeness (QED) is 0.188. The second-order valence-electron chi connectivity index (χ2n) is 3.43. The first-order valence-corrected chi connectivity index (χ1v) is 6.68. The van der Waals surface area contributed by atoms with E-state index in [1.807, 2.05) is 0 Å². The van der Waals surface area contributed by atoms with Crippen molar-refractivity contribution in [3.8, 4) is 0 Å². The van der Waals surface area contributed by atoms with E-state index in [0.29, 0.717) is 0 Å². The van der Waals surface area contributed by atoms with Crippen molar-refractivity contribution in [1.82, 2.24) is 0 Å². The smallest absolute Gasteiger partial charge is 0.716 e. The van der Waals surface area contributed by atoms with Gasteiger partial charge in [0.2, 0.25) is 0 Å². The molecule has 0 aromatic rings. The van der Waals surface area contributed by atoms with Crippen molar-refractivity contribution in [3.63, 3.8) is 0 Å². The summed E-state index contributed by atoms with van der Waals surface area (Å²) in [6.45, 7) is 2.17. The molecule has 0 aromatic heterocycles. The Morgan fingerprint density at radius 3 is 2.25 bits per heavy atom. The molecule has 0 aromatic carbocycles. The summed E-state index contributed by atoms with van der Waals surface area (Å²) in [7, 11) is -4.57. The average Bonchev–Trinajstić information content (AvgIpc) is 2.14. The Bertz CT molecular complexity index is 262. The van der Waals surface area contributed by atoms with E-state index in [4.69, 9.17) is 0 Å². The normalized spacial score (nSPS) is 11.4. The molecule has 0 bridgehead atoms. The van der Waals surface area contributed by atoms with Crippen LogP contribution < -0.4 is 29.6 Å². The molecular formula is C10H19NaO4S. The summed E-state index contributed by atoms with van der Waals surface area (Å²) in [4.78, 5) is 0. The fourth-order valence-electron chi connectivity index (χ4n) is 1.22. The van der Waals surface area contributed by atoms with Gasteiger partial charge in [0.1, 0.15) is 6.26 Å². The zero-order chi connectivity index (χ0) is 11.6. The summed E-state index contributed by atoms with van der Waals surface area (Å²) < 4.78 is 33.9. The largest absolute Gasteiger partial charge is 1.00 e. The fraction of sp³-hybridized carbons (Fsp3) is 0.800. The Morgan fingerprint density at radius 1 is 1.12 bits per heavy atom. The number of hydrogen-bond acceptors (Lipinski definition) is 4. The van der Waals surface area contributed by atoms with Crippen LogP contribution in [0.25, 0.3) is 0 Å². The summed E-state index contributed by atoms with van der Waals surface area (Å²) in [5.41, 5.74) is 0. The molecule has 90 valence electrons. The molecule has 0 unspecified atom stereocenters. The molecule has 0 spiro atoms. The van der Waals surface area contributed by atoms with E-state index in [1.54, 1.807) is 6.08 Å². The van der Waals surface area contributed by atoms with Gasteiger partial charge in [-0.2, -0.15) is 0 Å². The number of unbranched alkanes of at least 4 members (excludes halogenated alkanes) is 6. The summed E-state index contributed by atoms with van der Waals surface area (Å²) >= 11 is 0. The first-order valence-electron chi connectivity index (χ1n) is 5.35. The summed E-state index contributed by atoms with van der Waals surface area (Å²) in [6, 6.07) is 0. The van der Waals surface area contributed by atoms with E-state index in [2.05, 4.69) is 11.1 Å². The Labute approximate surface area is 121 Å². The van der Waals surface area contributed by atoms with Crippen LogP contribution in [0.15, 0.2) is 12.3 Å². The number of allylic oxidation sites excluding steroid dienone is 1. The fourth-order valence-corrected chi connectivity index (χ4v) is 1.43. The van der Waals surface area contributed by atoms with E-state index in [-0.39, 0.29) is 29.6 Å². The van der Waals surface area contributed by atoms with E-state index in [1.165, 1.54) is 25.7 Å². The van der Waals surface area contributed by atoms with Crippen LogP contribution in [-0.2, 0) is 14.6 Å². The van der Waals surface area contributed by atoms with E-state index < -0.39 is 10.4 Å². The van der Waals surface area contributed by atoms with Crippen molar-refractivity contribution in [1.29, 1.82) is 0 Å². The zero-order valence-corrected chi connectivity index (χ0v) is 13.0. The molecule has 0 fully saturated rings. The molecule has 16 heavy (non-hydrogen) atoms. The third-order valence-electron chi connectivity index (χ3n) is 1.99. The van der Waals surface area contributed by atoms with Crippen LogP contribution in [0.2, 0.25) is 0 Å². The van der Waals surface area contributed by atoms with Gasteiger partial charge in [-0.3, -0.25) is 0 Å². The molecule has 0 aliphatic heterocycles. The first kappa shape index (κ1) is 18.8. The average molecular weight is 258 g/mol. The van der Waals surface area contributed by atoms with Crippen LogP contribution in [0.5, 0.6) is 0 Å². The second-order valence-corrected chi connectivity index (χ2v) is 4.44. The molecule has 4 nitrogen and oxygen atoms in total. The minimum absolute atomic E-state index is 0. The molecule has 0 rings (SSSR count). The molecule has 0 amide bonds. The maximum absolute atomic E-state index is 10.0. The van der Waals surface area contributed by atoms with Crippen LogP contribution >= 0.6 is 0 Å². The van der Waals surface area contributed by atoms with Crippen LogP contribution in [0.3, 0.4) is 0 Å². The van der Waals surface area contributed by atoms with E-state index in [9.17, 15) is 13.0 Å². The van der Waals surface area contributed by atoms with Crippen molar-refractivity contribution in [2.75, 3.05) is 0 Å². The number of hydrogen-bond donors (Lipinski definition) is 0. The van der Waals surface area contributed by atoms with Crippen LogP contribution in [0, 0.1) is 0 Å². The molecule has 0 saturated carbocycles. The Kier molecular flexibility index (Phi) is 14.0. The van der Waals surface area contributed by atoms with Crippen molar-refractivity contribution in [2.24, 2.45) is 0 Å². The molecular weight excluding hydrogens is 239 g/mol. The minimum atomic E-state index is -4.57. The predicted octanol–water partition coefficient (Wildman–Crippen LogP) is -0.268. The van der Waals surface area contributed by atoms with Gasteiger partial charge >= 0.3 is 29.6 Å². The van der Waals surface area contributed by atoms with E-state index in [0.717, 1.165) is 25.5 Å². The van der Waals surface area contributed by atoms with Gasteiger partial charge in [0.05, 0.1) is 0 Å². The van der Waals surface area contributed by atoms with Crippen molar-refractivity contribution < 1.29 is 46.7 Å². The van der Waals surface area contributed by atoms with Gasteiger partial charge in [0, 0.05) is 0 Å². The van der Waals surface area contributed by atoms with Crippen LogP contribution in [-0.4, -0.2) is 13.0 Å². The van der Waals surface area contributed by atoms with Gasteiger partial charge in [-0.1, -0.05) is 39.0 Å². The Morgan fingerprint density at radius 2 is 1.69 bits per heavy atom. The molecule has 0 saturated heterocycles. The summed E-state index contributed by atoms with van der Waals surface area (Å²) in [5, 5.41) is 0. The van der Waals surface area contributed by atoms with Gasteiger partial charge in [-0.05, 0) is 18.9 Å². The maximum Gasteiger partial charge on any atom is 1.00 e. The van der Waals surface area contributed by atoms with Crippen molar-refractivity contribution in [3.05, 3.63) is 12.3 Å². The number of rotatable bonds is 9. The molecule has 6 heteroatoms. The third kappa shape index (κ3) is 16.9. The van der Waals surface area contributed by atoms with Gasteiger partial charge in [0.15, 0.2) is 0 Å². The van der Waals surface area contributed by atoms with Crippen molar-refractivity contribution >= 4 is 10.4 Å². The zero-order valence-electron chi connectivity index (χ0n) is 10.1. The Balaban J connectivity index is 0. The monoisotopic (exact) mass is 258 g/mol. The third-order valence-corrected chi connectivity index (χ3v) is 2.34. The van der Waals surface area contributed by atoms with Crippen LogP contribution in [0.4, 0.5) is 0 Å². The van der Waals surface area contributed by atoms with Gasteiger partial charge in [-0.25, -0.2) is 8.42 Å². The summed E-state index contributed by atoms with van der Waals surface area (Å²) in [6.07, 6.45) is 10.4. The maximum atomic E-state index is 10.0. The standard InChI is InChI=1S/C10H20O4S.Na/c1-2-3-4-5-6-7-8-9-10-14-15(11,12)13;/h9-10H,2-8H2,1H3,(H,11,12,13);/q;+1/p-1. The summed E-state index contributed by atoms with van der Waals surface area (Å²) in [5.74, 6) is 0. The van der Waals surface area contributed by atoms with Gasteiger partial charge < -0.3 is 8.74 Å². The van der Waals surface area contributed by atoms with Crippen LogP contribution in [0.1, 0.15) is 51.9 Å². The van der Waals surface area contributed by atoms with Gasteiger partial charge in [-0.15, -0.1) is 0 Å². The first-order chi connectivity index (χ1) is 7.06. The SMILES string of the molecule is CCCCCCCCC=COS(=O)(=O)[O-].[Na+]. The predicted molar refractivity (Wildman–Crippen MR) is 57.9 cm³/mol. The molecule has 0 heterocycles. The molecule has 0 atom stereocenters. The van der Waals surface area contributed by atoms with E-state index >= 15 is 0 Å². The molecule has 0 radical (unpaired) electrons. The molecule has 0 N–H and O–H groups in total.